The summed E-state index contributed by atoms with van der Waals surface area (Å²) < 4.78 is 0. The summed E-state index contributed by atoms with van der Waals surface area (Å²) in [4.78, 5) is 26.0. The summed E-state index contributed by atoms with van der Waals surface area (Å²) in [6.07, 6.45) is 9.83. The Kier molecular flexibility index (Phi) is 15.5. The van der Waals surface area contributed by atoms with E-state index in [4.69, 9.17) is 23.2 Å². The minimum Gasteiger partial charge on any atom is -0.371 e. The molecule has 2 aliphatic heterocycles. The Hall–Kier alpha value is -5.87. The molecule has 2 fully saturated rings. The van der Waals surface area contributed by atoms with E-state index in [9.17, 15) is 0 Å². The van der Waals surface area contributed by atoms with E-state index in [0.717, 1.165) is 112 Å². The van der Waals surface area contributed by atoms with Gasteiger partial charge in [0.1, 0.15) is 0 Å². The molecule has 5 heterocycles. The second-order valence-corrected chi connectivity index (χ2v) is 18.3. The van der Waals surface area contributed by atoms with E-state index in [2.05, 4.69) is 167 Å². The summed E-state index contributed by atoms with van der Waals surface area (Å²) in [6, 6.07) is 53.5. The number of hydrogen-bond donors (Lipinski definition) is 0. The highest BCUT2D eigenvalue weighted by molar-refractivity contribution is 6.31. The number of rotatable bonds is 14. The maximum atomic E-state index is 6.18. The number of anilines is 2. The van der Waals surface area contributed by atoms with Crippen molar-refractivity contribution in [2.75, 3.05) is 62.2 Å². The van der Waals surface area contributed by atoms with Gasteiger partial charge in [-0.05, 0) is 95.8 Å². The number of fused-ring (bicyclic) bond motifs is 2. The molecule has 2 saturated heterocycles. The van der Waals surface area contributed by atoms with Gasteiger partial charge >= 0.3 is 0 Å². The van der Waals surface area contributed by atoms with Gasteiger partial charge in [-0.3, -0.25) is 29.7 Å². The van der Waals surface area contributed by atoms with Crippen LogP contribution in [0.3, 0.4) is 0 Å². The van der Waals surface area contributed by atoms with Gasteiger partial charge in [0.25, 0.3) is 0 Å². The number of hydrogen-bond acceptors (Lipinski definition) is 8. The van der Waals surface area contributed by atoms with E-state index in [1.807, 2.05) is 49.1 Å². The van der Waals surface area contributed by atoms with Gasteiger partial charge in [0.05, 0.1) is 11.0 Å². The lowest BCUT2D eigenvalue weighted by atomic mass is 10.00. The van der Waals surface area contributed by atoms with Gasteiger partial charge in [-0.25, -0.2) is 0 Å². The molecule has 8 nitrogen and oxygen atoms in total. The third-order valence-electron chi connectivity index (χ3n) is 13.0. The number of halogens is 2. The number of benzene rings is 5. The quantitative estimate of drug-likeness (QED) is 0.107. The molecule has 0 N–H and O–H groups in total. The summed E-state index contributed by atoms with van der Waals surface area (Å²) >= 11 is 12.4. The van der Waals surface area contributed by atoms with Crippen LogP contribution in [0, 0.1) is 0 Å². The molecule has 0 saturated carbocycles. The highest BCUT2D eigenvalue weighted by Gasteiger charge is 2.26. The van der Waals surface area contributed by atoms with Crippen LogP contribution >= 0.6 is 23.2 Å². The van der Waals surface area contributed by atoms with Gasteiger partial charge in [0.15, 0.2) is 0 Å². The summed E-state index contributed by atoms with van der Waals surface area (Å²) in [5.74, 6) is 0. The average molecular weight is 914 g/mol. The number of nitrogens with zero attached hydrogens (tertiary/aromatic N) is 8. The van der Waals surface area contributed by atoms with Crippen LogP contribution in [0.5, 0.6) is 0 Å². The predicted molar refractivity (Wildman–Crippen MR) is 274 cm³/mol. The normalized spacial score (nSPS) is 14.8. The van der Waals surface area contributed by atoms with Gasteiger partial charge < -0.3 is 9.80 Å². The molecule has 0 unspecified atom stereocenters. The predicted octanol–water partition coefficient (Wildman–Crippen LogP) is 11.7. The lowest BCUT2D eigenvalue weighted by molar-refractivity contribution is 0.152. The Balaban J connectivity index is 0.000000166. The van der Waals surface area contributed by atoms with Gasteiger partial charge in [-0.2, -0.15) is 0 Å². The van der Waals surface area contributed by atoms with Crippen molar-refractivity contribution in [1.29, 1.82) is 0 Å². The molecule has 10 rings (SSSR count). The van der Waals surface area contributed by atoms with Gasteiger partial charge in [0, 0.05) is 142 Å². The fourth-order valence-corrected chi connectivity index (χ4v) is 9.82. The second kappa shape index (κ2) is 22.6. The van der Waals surface area contributed by atoms with Crippen molar-refractivity contribution in [2.45, 2.75) is 45.1 Å². The standard InChI is InChI=1S/C29H31ClN4.C27H27ClN4/c30-26-11-12-27-28(21-26)31-14-13-29(27)34-19-17-32(18-20-34)15-16-33(22-24-7-3-1-4-8-24)23-25-9-5-2-6-10-25;28-23-6-7-25-26(18-23)30-15-10-27(25)31-16-11-24(12-17-31)32(19-21-4-2-1-3-5-21)20-22-8-13-29-14-9-22/h1-14,21H,15-20,22-23H2;1-10,13-15,18,24H,11-12,16-17,19-20H2. The van der Waals surface area contributed by atoms with Gasteiger partial charge in [0.2, 0.25) is 0 Å². The van der Waals surface area contributed by atoms with Crippen LogP contribution in [0.1, 0.15) is 35.1 Å². The number of aromatic nitrogens is 3. The van der Waals surface area contributed by atoms with Crippen LogP contribution in [0.2, 0.25) is 10.0 Å². The first-order chi connectivity index (χ1) is 32.5. The van der Waals surface area contributed by atoms with Crippen molar-refractivity contribution in [3.8, 4) is 0 Å². The highest BCUT2D eigenvalue weighted by Crippen LogP contribution is 2.32. The van der Waals surface area contributed by atoms with Crippen LogP contribution in [-0.4, -0.2) is 88.1 Å². The third kappa shape index (κ3) is 12.1. The summed E-state index contributed by atoms with van der Waals surface area (Å²) in [5.41, 5.74) is 9.85. The van der Waals surface area contributed by atoms with E-state index in [-0.39, 0.29) is 0 Å². The van der Waals surface area contributed by atoms with Crippen molar-refractivity contribution in [3.05, 3.63) is 209 Å². The van der Waals surface area contributed by atoms with E-state index in [0.29, 0.717) is 6.04 Å². The van der Waals surface area contributed by atoms with E-state index in [1.54, 1.807) is 0 Å². The monoisotopic (exact) mass is 912 g/mol. The molecule has 0 spiro atoms. The SMILES string of the molecule is Clc1ccc2c(N3CCC(N(Cc4ccccc4)Cc4ccncc4)CC3)ccnc2c1.Clc1ccc2c(N3CCN(CCN(Cc4ccccc4)Cc4ccccc4)CC3)ccnc2c1. The molecule has 0 atom stereocenters. The van der Waals surface area contributed by atoms with E-state index >= 15 is 0 Å². The van der Waals surface area contributed by atoms with Gasteiger partial charge in [-0.15, -0.1) is 0 Å². The minimum atomic E-state index is 0.544. The zero-order chi connectivity index (χ0) is 44.9. The van der Waals surface area contributed by atoms with Crippen molar-refractivity contribution in [3.63, 3.8) is 0 Å². The van der Waals surface area contributed by atoms with Crippen molar-refractivity contribution in [1.82, 2.24) is 29.7 Å². The summed E-state index contributed by atoms with van der Waals surface area (Å²) in [5, 5.41) is 3.82. The largest absolute Gasteiger partial charge is 0.371 e. The Bertz CT molecular complexity index is 2650. The Morgan fingerprint density at radius 2 is 0.924 bits per heavy atom. The van der Waals surface area contributed by atoms with Gasteiger partial charge in [-0.1, -0.05) is 114 Å². The molecule has 0 aliphatic carbocycles. The van der Waals surface area contributed by atoms with E-state index < -0.39 is 0 Å². The Morgan fingerprint density at radius 1 is 0.470 bits per heavy atom. The second-order valence-electron chi connectivity index (χ2n) is 17.5. The molecule has 66 heavy (non-hydrogen) atoms. The lowest BCUT2D eigenvalue weighted by Gasteiger charge is -2.40. The van der Waals surface area contributed by atoms with Crippen LogP contribution in [0.15, 0.2) is 176 Å². The molecular weight excluding hydrogens is 856 g/mol. The van der Waals surface area contributed by atoms with Crippen molar-refractivity contribution >= 4 is 56.4 Å². The Morgan fingerprint density at radius 3 is 1.42 bits per heavy atom. The lowest BCUT2D eigenvalue weighted by Crippen LogP contribution is -2.48. The van der Waals surface area contributed by atoms with Crippen LogP contribution in [0.25, 0.3) is 21.8 Å². The number of piperazine rings is 1. The van der Waals surface area contributed by atoms with E-state index in [1.165, 1.54) is 44.4 Å². The number of piperidine rings is 1. The molecular formula is C56H58Cl2N8. The summed E-state index contributed by atoms with van der Waals surface area (Å²) in [7, 11) is 0. The zero-order valence-corrected chi connectivity index (χ0v) is 39.1. The minimum absolute atomic E-state index is 0.544. The molecule has 2 aliphatic rings. The molecule has 0 radical (unpaired) electrons. The van der Waals surface area contributed by atoms with Crippen LogP contribution in [0.4, 0.5) is 11.4 Å². The van der Waals surface area contributed by atoms with Crippen molar-refractivity contribution < 1.29 is 0 Å². The zero-order valence-electron chi connectivity index (χ0n) is 37.6. The molecule has 0 amide bonds. The smallest absolute Gasteiger partial charge is 0.0737 e. The molecule has 336 valence electrons. The molecule has 8 aromatic rings. The first kappa shape index (κ1) is 45.3. The van der Waals surface area contributed by atoms with Crippen LogP contribution < -0.4 is 9.80 Å². The third-order valence-corrected chi connectivity index (χ3v) is 13.5. The number of pyridine rings is 3. The molecule has 10 heteroatoms. The van der Waals surface area contributed by atoms with Crippen molar-refractivity contribution in [2.24, 2.45) is 0 Å². The molecule has 3 aromatic heterocycles. The maximum Gasteiger partial charge on any atom is 0.0737 e. The topological polar surface area (TPSA) is 54.9 Å². The fraction of sp³-hybridized carbons (Fsp3) is 0.268. The first-order valence-electron chi connectivity index (χ1n) is 23.3. The molecule has 5 aromatic carbocycles. The summed E-state index contributed by atoms with van der Waals surface area (Å²) in [6.45, 7) is 12.3. The first-order valence-corrected chi connectivity index (χ1v) is 24.0. The Labute approximate surface area is 400 Å². The average Bonchev–Trinajstić information content (AvgIpc) is 3.36. The van der Waals surface area contributed by atoms with Crippen LogP contribution in [-0.2, 0) is 26.2 Å². The maximum absolute atomic E-state index is 6.18. The fourth-order valence-electron chi connectivity index (χ4n) is 9.48. The highest BCUT2D eigenvalue weighted by atomic mass is 35.5. The molecule has 0 bridgehead atoms.